The van der Waals surface area contributed by atoms with Crippen molar-refractivity contribution in [3.63, 3.8) is 0 Å². The van der Waals surface area contributed by atoms with E-state index in [1.54, 1.807) is 29.1 Å². The Morgan fingerprint density at radius 1 is 1.33 bits per heavy atom. The van der Waals surface area contributed by atoms with Crippen molar-refractivity contribution in [1.29, 1.82) is 0 Å². The van der Waals surface area contributed by atoms with Crippen LogP contribution in [0.3, 0.4) is 0 Å². The van der Waals surface area contributed by atoms with Crippen molar-refractivity contribution < 1.29 is 9.13 Å². The molecule has 1 saturated heterocycles. The third kappa shape index (κ3) is 2.79. The number of anilines is 1. The molecule has 0 spiro atoms. The summed E-state index contributed by atoms with van der Waals surface area (Å²) < 4.78 is 20.9. The standard InChI is InChI=1S/C15H12Cl2FN5O/c16-9-2-1-8(10(17)5-9)6-19-13-12-14(22-15(18)21-13)23(7-20-12)11-3-4-24-11/h1-2,5,7,11H,3-4,6H2,(H,19,21,22). The number of hydrogen-bond acceptors (Lipinski definition) is 5. The van der Waals surface area contributed by atoms with E-state index < -0.39 is 6.08 Å². The van der Waals surface area contributed by atoms with Gasteiger partial charge in [0.15, 0.2) is 17.0 Å². The maximum Gasteiger partial charge on any atom is 0.312 e. The van der Waals surface area contributed by atoms with E-state index in [1.165, 1.54) is 0 Å². The van der Waals surface area contributed by atoms with Gasteiger partial charge >= 0.3 is 6.08 Å². The van der Waals surface area contributed by atoms with Gasteiger partial charge in [0.2, 0.25) is 0 Å². The van der Waals surface area contributed by atoms with Crippen LogP contribution in [-0.4, -0.2) is 26.1 Å². The van der Waals surface area contributed by atoms with Gasteiger partial charge in [0.1, 0.15) is 6.23 Å². The molecular weight excluding hydrogens is 356 g/mol. The summed E-state index contributed by atoms with van der Waals surface area (Å²) in [6.07, 6.45) is 1.46. The van der Waals surface area contributed by atoms with Crippen molar-refractivity contribution in [2.24, 2.45) is 0 Å². The molecule has 6 nitrogen and oxygen atoms in total. The Morgan fingerprint density at radius 2 is 2.17 bits per heavy atom. The number of nitrogens with zero attached hydrogens (tertiary/aromatic N) is 4. The molecule has 1 aliphatic rings. The SMILES string of the molecule is Fc1nc(NCc2ccc(Cl)cc2Cl)c2ncn(C3CCO3)c2n1. The number of ether oxygens (including phenoxy) is 1. The van der Waals surface area contributed by atoms with E-state index >= 15 is 0 Å². The molecule has 1 fully saturated rings. The maximum atomic E-state index is 13.8. The van der Waals surface area contributed by atoms with Crippen molar-refractivity contribution in [2.45, 2.75) is 19.2 Å². The normalized spacial score (nSPS) is 17.0. The van der Waals surface area contributed by atoms with Gasteiger partial charge in [0.25, 0.3) is 0 Å². The highest BCUT2D eigenvalue weighted by Crippen LogP contribution is 2.29. The largest absolute Gasteiger partial charge is 0.364 e. The third-order valence-corrected chi connectivity index (χ3v) is 4.43. The molecule has 1 unspecified atom stereocenters. The van der Waals surface area contributed by atoms with Gasteiger partial charge in [-0.1, -0.05) is 29.3 Å². The number of halogens is 3. The second-order valence-corrected chi connectivity index (χ2v) is 6.21. The Kier molecular flexibility index (Phi) is 3.99. The van der Waals surface area contributed by atoms with Crippen LogP contribution < -0.4 is 5.32 Å². The predicted octanol–water partition coefficient (Wildman–Crippen LogP) is 3.80. The average molecular weight is 368 g/mol. The van der Waals surface area contributed by atoms with Gasteiger partial charge in [-0.3, -0.25) is 4.57 Å². The average Bonchev–Trinajstić information content (AvgIpc) is 2.88. The molecule has 124 valence electrons. The lowest BCUT2D eigenvalue weighted by Crippen LogP contribution is -2.24. The number of fused-ring (bicyclic) bond motifs is 1. The van der Waals surface area contributed by atoms with E-state index in [2.05, 4.69) is 20.3 Å². The Labute approximate surface area is 146 Å². The van der Waals surface area contributed by atoms with Crippen LogP contribution in [0, 0.1) is 6.08 Å². The van der Waals surface area contributed by atoms with Gasteiger partial charge in [-0.25, -0.2) is 4.98 Å². The number of imidazole rings is 1. The van der Waals surface area contributed by atoms with Crippen LogP contribution in [0.2, 0.25) is 10.0 Å². The van der Waals surface area contributed by atoms with Crippen molar-refractivity contribution in [3.05, 3.63) is 46.2 Å². The quantitative estimate of drug-likeness (QED) is 0.710. The van der Waals surface area contributed by atoms with Gasteiger partial charge < -0.3 is 10.1 Å². The highest BCUT2D eigenvalue weighted by atomic mass is 35.5. The van der Waals surface area contributed by atoms with E-state index in [9.17, 15) is 4.39 Å². The molecule has 1 aliphatic heterocycles. The van der Waals surface area contributed by atoms with Gasteiger partial charge in [-0.2, -0.15) is 14.4 Å². The summed E-state index contributed by atoms with van der Waals surface area (Å²) in [7, 11) is 0. The maximum absolute atomic E-state index is 13.8. The fraction of sp³-hybridized carbons (Fsp3) is 0.267. The molecule has 0 bridgehead atoms. The number of aromatic nitrogens is 4. The van der Waals surface area contributed by atoms with Crippen LogP contribution in [-0.2, 0) is 11.3 Å². The summed E-state index contributed by atoms with van der Waals surface area (Å²) in [5.41, 5.74) is 1.70. The van der Waals surface area contributed by atoms with Crippen LogP contribution in [0.15, 0.2) is 24.5 Å². The fourth-order valence-electron chi connectivity index (χ4n) is 2.51. The molecule has 2 aromatic heterocycles. The molecule has 3 heterocycles. The van der Waals surface area contributed by atoms with Gasteiger partial charge in [-0.05, 0) is 17.7 Å². The molecule has 0 amide bonds. The summed E-state index contributed by atoms with van der Waals surface area (Å²) >= 11 is 12.0. The second kappa shape index (κ2) is 6.16. The highest BCUT2D eigenvalue weighted by molar-refractivity contribution is 6.35. The lowest BCUT2D eigenvalue weighted by atomic mass is 10.2. The van der Waals surface area contributed by atoms with E-state index in [-0.39, 0.29) is 6.23 Å². The lowest BCUT2D eigenvalue weighted by molar-refractivity contribution is -0.0974. The Bertz CT molecular complexity index is 912. The first kappa shape index (κ1) is 15.6. The molecule has 0 saturated carbocycles. The number of nitrogens with one attached hydrogen (secondary N) is 1. The minimum absolute atomic E-state index is 0.150. The number of hydrogen-bond donors (Lipinski definition) is 1. The topological polar surface area (TPSA) is 64.9 Å². The Morgan fingerprint density at radius 3 is 2.88 bits per heavy atom. The first-order valence-corrected chi connectivity index (χ1v) is 8.07. The molecule has 9 heteroatoms. The zero-order valence-electron chi connectivity index (χ0n) is 12.3. The molecule has 24 heavy (non-hydrogen) atoms. The smallest absolute Gasteiger partial charge is 0.312 e. The molecule has 1 aromatic carbocycles. The van der Waals surface area contributed by atoms with E-state index in [4.69, 9.17) is 27.9 Å². The monoisotopic (exact) mass is 367 g/mol. The van der Waals surface area contributed by atoms with Crippen LogP contribution in [0.1, 0.15) is 18.2 Å². The van der Waals surface area contributed by atoms with Crippen molar-refractivity contribution >= 4 is 40.2 Å². The summed E-state index contributed by atoms with van der Waals surface area (Å²) in [5.74, 6) is 0.307. The summed E-state index contributed by atoms with van der Waals surface area (Å²) in [6, 6.07) is 5.19. The van der Waals surface area contributed by atoms with Crippen LogP contribution in [0.4, 0.5) is 10.2 Å². The Hall–Kier alpha value is -1.96. The lowest BCUT2D eigenvalue weighted by Gasteiger charge is -2.27. The van der Waals surface area contributed by atoms with Gasteiger partial charge in [0, 0.05) is 23.0 Å². The first-order valence-electron chi connectivity index (χ1n) is 7.31. The summed E-state index contributed by atoms with van der Waals surface area (Å²) in [6.45, 7) is 1.03. The Balaban J connectivity index is 1.65. The first-order chi connectivity index (χ1) is 11.6. The van der Waals surface area contributed by atoms with Crippen LogP contribution in [0.5, 0.6) is 0 Å². The van der Waals surface area contributed by atoms with E-state index in [1.807, 2.05) is 0 Å². The molecular formula is C15H12Cl2FN5O. The zero-order valence-corrected chi connectivity index (χ0v) is 13.9. The van der Waals surface area contributed by atoms with Crippen molar-refractivity contribution in [3.8, 4) is 0 Å². The molecule has 0 radical (unpaired) electrons. The van der Waals surface area contributed by atoms with Gasteiger partial charge in [0.05, 0.1) is 12.9 Å². The second-order valence-electron chi connectivity index (χ2n) is 5.37. The highest BCUT2D eigenvalue weighted by Gasteiger charge is 2.24. The summed E-state index contributed by atoms with van der Waals surface area (Å²) in [4.78, 5) is 11.9. The van der Waals surface area contributed by atoms with Crippen LogP contribution >= 0.6 is 23.2 Å². The molecule has 0 aliphatic carbocycles. The minimum atomic E-state index is -0.826. The number of benzene rings is 1. The summed E-state index contributed by atoms with van der Waals surface area (Å²) in [5, 5.41) is 4.13. The molecule has 3 aromatic rings. The third-order valence-electron chi connectivity index (χ3n) is 3.84. The minimum Gasteiger partial charge on any atom is -0.364 e. The fourth-order valence-corrected chi connectivity index (χ4v) is 2.99. The van der Waals surface area contributed by atoms with Crippen LogP contribution in [0.25, 0.3) is 11.2 Å². The van der Waals surface area contributed by atoms with Crippen molar-refractivity contribution in [2.75, 3.05) is 11.9 Å². The van der Waals surface area contributed by atoms with E-state index in [0.717, 1.165) is 12.0 Å². The van der Waals surface area contributed by atoms with E-state index in [0.29, 0.717) is 40.2 Å². The molecule has 1 atom stereocenters. The molecule has 1 N–H and O–H groups in total. The molecule has 4 rings (SSSR count). The van der Waals surface area contributed by atoms with Gasteiger partial charge in [-0.15, -0.1) is 0 Å². The van der Waals surface area contributed by atoms with Crippen molar-refractivity contribution in [1.82, 2.24) is 19.5 Å². The predicted molar refractivity (Wildman–Crippen MR) is 88.7 cm³/mol. The zero-order chi connectivity index (χ0) is 16.7. The number of rotatable bonds is 4.